The fourth-order valence-electron chi connectivity index (χ4n) is 0.838. The number of hydrogen-bond donors (Lipinski definition) is 0. The minimum Gasteiger partial charge on any atom is -0.501 e. The predicted octanol–water partition coefficient (Wildman–Crippen LogP) is 2.07. The van der Waals surface area contributed by atoms with Gasteiger partial charge < -0.3 is 9.47 Å². The molecule has 0 N–H and O–H groups in total. The zero-order chi connectivity index (χ0) is 8.81. The molecule has 12 heavy (non-hydrogen) atoms. The monoisotopic (exact) mass is 166 g/mol. The van der Waals surface area contributed by atoms with Crippen molar-refractivity contribution in [2.45, 2.75) is 32.3 Å². The quantitative estimate of drug-likeness (QED) is 0.277. The Hall–Kier alpha value is -1.10. The van der Waals surface area contributed by atoms with E-state index in [1.165, 1.54) is 12.8 Å². The van der Waals surface area contributed by atoms with Crippen molar-refractivity contribution in [3.05, 3.63) is 12.0 Å². The van der Waals surface area contributed by atoms with E-state index in [9.17, 15) is 0 Å². The van der Waals surface area contributed by atoms with Gasteiger partial charge in [-0.3, -0.25) is 0 Å². The Bertz CT molecular complexity index is 220. The molecule has 0 bridgehead atoms. The van der Waals surface area contributed by atoms with Crippen molar-refractivity contribution in [2.75, 3.05) is 7.11 Å². The molecule has 0 spiro atoms. The molecule has 1 aliphatic rings. The second-order valence-corrected chi connectivity index (χ2v) is 2.68. The Balaban J connectivity index is 2.16. The molecule has 1 atom stereocenters. The summed E-state index contributed by atoms with van der Waals surface area (Å²) in [6, 6.07) is 0. The summed E-state index contributed by atoms with van der Waals surface area (Å²) in [6.07, 6.45) is 4.95. The molecule has 1 unspecified atom stereocenters. The van der Waals surface area contributed by atoms with Crippen LogP contribution in [0.5, 0.6) is 0 Å². The maximum absolute atomic E-state index is 5.10. The molecule has 66 valence electrons. The molecule has 0 amide bonds. The molecular weight excluding hydrogens is 152 g/mol. The van der Waals surface area contributed by atoms with E-state index in [0.717, 1.165) is 12.2 Å². The molecule has 0 aromatic carbocycles. The van der Waals surface area contributed by atoms with Crippen molar-refractivity contribution in [1.29, 1.82) is 0 Å². The van der Waals surface area contributed by atoms with Crippen LogP contribution in [0.4, 0.5) is 0 Å². The molecule has 1 fully saturated rings. The van der Waals surface area contributed by atoms with E-state index in [1.54, 1.807) is 13.4 Å². The van der Waals surface area contributed by atoms with Crippen molar-refractivity contribution in [3.63, 3.8) is 0 Å². The van der Waals surface area contributed by atoms with E-state index < -0.39 is 0 Å². The first-order valence-corrected chi connectivity index (χ1v) is 4.26. The van der Waals surface area contributed by atoms with Crippen LogP contribution in [0, 0.1) is 11.8 Å². The molecule has 2 heteroatoms. The normalized spacial score (nSPS) is 22.5. The highest BCUT2D eigenvalue weighted by Crippen LogP contribution is 2.25. The summed E-state index contributed by atoms with van der Waals surface area (Å²) in [5.41, 5.74) is 0. The summed E-state index contributed by atoms with van der Waals surface area (Å²) in [6.45, 7) is 2.16. The van der Waals surface area contributed by atoms with Gasteiger partial charge in [0.05, 0.1) is 7.11 Å². The molecule has 0 aromatic rings. The molecule has 0 radical (unpaired) electrons. The number of methoxy groups -OCH3 is 1. The minimum absolute atomic E-state index is 0.0156. The fraction of sp³-hybridized carbons (Fsp3) is 0.600. The lowest BCUT2D eigenvalue weighted by Crippen LogP contribution is -1.75. The summed E-state index contributed by atoms with van der Waals surface area (Å²) in [5, 5.41) is 0. The molecule has 0 aliphatic carbocycles. The van der Waals surface area contributed by atoms with E-state index in [4.69, 9.17) is 9.47 Å². The number of ether oxygens (including phenoxy) is 2. The van der Waals surface area contributed by atoms with Crippen molar-refractivity contribution in [2.24, 2.45) is 0 Å². The number of epoxide rings is 1. The Kier molecular flexibility index (Phi) is 3.53. The predicted molar refractivity (Wildman–Crippen MR) is 47.3 cm³/mol. The van der Waals surface area contributed by atoms with E-state index >= 15 is 0 Å². The van der Waals surface area contributed by atoms with Gasteiger partial charge in [0.15, 0.2) is 5.76 Å². The van der Waals surface area contributed by atoms with Gasteiger partial charge in [-0.15, -0.1) is 0 Å². The van der Waals surface area contributed by atoms with E-state index in [-0.39, 0.29) is 6.10 Å². The van der Waals surface area contributed by atoms with Crippen LogP contribution in [0.25, 0.3) is 0 Å². The van der Waals surface area contributed by atoms with Crippen molar-refractivity contribution >= 4 is 0 Å². The lowest BCUT2D eigenvalue weighted by Gasteiger charge is -1.81. The van der Waals surface area contributed by atoms with Gasteiger partial charge in [0, 0.05) is 6.42 Å². The second kappa shape index (κ2) is 4.71. The third kappa shape index (κ3) is 2.87. The van der Waals surface area contributed by atoms with Crippen molar-refractivity contribution in [1.82, 2.24) is 0 Å². The zero-order valence-corrected chi connectivity index (χ0v) is 7.59. The molecular formula is C10H14O2. The molecule has 2 nitrogen and oxygen atoms in total. The summed E-state index contributed by atoms with van der Waals surface area (Å²) in [4.78, 5) is 0. The smallest absolute Gasteiger partial charge is 0.218 e. The minimum atomic E-state index is 0.0156. The van der Waals surface area contributed by atoms with Crippen LogP contribution >= 0.6 is 0 Å². The molecule has 1 heterocycles. The molecule has 1 aliphatic heterocycles. The summed E-state index contributed by atoms with van der Waals surface area (Å²) in [5.74, 6) is 6.92. The Morgan fingerprint density at radius 3 is 3.17 bits per heavy atom. The molecule has 0 saturated carbocycles. The fourth-order valence-corrected chi connectivity index (χ4v) is 0.838. The Labute approximate surface area is 73.6 Å². The van der Waals surface area contributed by atoms with Crippen LogP contribution in [0.1, 0.15) is 26.2 Å². The second-order valence-electron chi connectivity index (χ2n) is 2.68. The van der Waals surface area contributed by atoms with E-state index in [2.05, 4.69) is 18.8 Å². The Morgan fingerprint density at radius 1 is 1.67 bits per heavy atom. The van der Waals surface area contributed by atoms with Gasteiger partial charge in [-0.05, 0) is 6.42 Å². The van der Waals surface area contributed by atoms with Gasteiger partial charge in [0.25, 0.3) is 0 Å². The van der Waals surface area contributed by atoms with Crippen molar-refractivity contribution < 1.29 is 9.47 Å². The highest BCUT2D eigenvalue weighted by Gasteiger charge is 2.30. The number of hydrogen-bond acceptors (Lipinski definition) is 2. The van der Waals surface area contributed by atoms with Gasteiger partial charge in [-0.2, -0.15) is 0 Å². The largest absolute Gasteiger partial charge is 0.501 e. The third-order valence-electron chi connectivity index (χ3n) is 1.58. The lowest BCUT2D eigenvalue weighted by atomic mass is 10.2. The van der Waals surface area contributed by atoms with Crippen LogP contribution < -0.4 is 0 Å². The van der Waals surface area contributed by atoms with Gasteiger partial charge in [0.2, 0.25) is 6.10 Å². The number of unbranched alkanes of at least 4 members (excludes halogenated alkanes) is 2. The van der Waals surface area contributed by atoms with Crippen LogP contribution in [0.3, 0.4) is 0 Å². The number of rotatable bonds is 3. The summed E-state index contributed by atoms with van der Waals surface area (Å²) < 4.78 is 9.87. The third-order valence-corrected chi connectivity index (χ3v) is 1.58. The molecule has 1 rings (SSSR count). The SMILES string of the molecule is CCCCC#CC1O/C1=C/OC. The molecule has 1 saturated heterocycles. The van der Waals surface area contributed by atoms with Gasteiger partial charge in [-0.1, -0.05) is 25.2 Å². The van der Waals surface area contributed by atoms with Crippen molar-refractivity contribution in [3.8, 4) is 11.8 Å². The Morgan fingerprint density at radius 2 is 2.50 bits per heavy atom. The van der Waals surface area contributed by atoms with Gasteiger partial charge >= 0.3 is 0 Å². The molecule has 0 aromatic heterocycles. The zero-order valence-electron chi connectivity index (χ0n) is 7.59. The van der Waals surface area contributed by atoms with Gasteiger partial charge in [-0.25, -0.2) is 0 Å². The maximum Gasteiger partial charge on any atom is 0.218 e. The highest BCUT2D eigenvalue weighted by atomic mass is 16.6. The van der Waals surface area contributed by atoms with E-state index in [1.807, 2.05) is 0 Å². The van der Waals surface area contributed by atoms with Crippen LogP contribution in [0.2, 0.25) is 0 Å². The van der Waals surface area contributed by atoms with Crippen LogP contribution in [-0.4, -0.2) is 13.2 Å². The standard InChI is InChI=1S/C10H14O2/c1-3-4-5-6-7-9-10(12-9)8-11-2/h8-9H,3-5H2,1-2H3/b10-8+. The van der Waals surface area contributed by atoms with E-state index in [0.29, 0.717) is 0 Å². The van der Waals surface area contributed by atoms with Crippen LogP contribution in [0.15, 0.2) is 12.0 Å². The lowest BCUT2D eigenvalue weighted by molar-refractivity contribution is 0.328. The average molecular weight is 166 g/mol. The first kappa shape index (κ1) is 8.99. The maximum atomic E-state index is 5.10. The van der Waals surface area contributed by atoms with Crippen LogP contribution in [-0.2, 0) is 9.47 Å². The first-order valence-electron chi connectivity index (χ1n) is 4.26. The topological polar surface area (TPSA) is 21.8 Å². The average Bonchev–Trinajstić information content (AvgIpc) is 2.79. The highest BCUT2D eigenvalue weighted by molar-refractivity contribution is 5.27. The summed E-state index contributed by atoms with van der Waals surface area (Å²) in [7, 11) is 1.61. The summed E-state index contributed by atoms with van der Waals surface area (Å²) >= 11 is 0. The van der Waals surface area contributed by atoms with Gasteiger partial charge in [0.1, 0.15) is 6.26 Å². The first-order chi connectivity index (χ1) is 5.88.